The molecule has 2 aromatic carbocycles. The maximum atomic E-state index is 10.3. The first kappa shape index (κ1) is 29.5. The molecule has 0 aromatic heterocycles. The van der Waals surface area contributed by atoms with Crippen LogP contribution in [0.15, 0.2) is 59.5 Å². The minimum atomic E-state index is -1.08. The quantitative estimate of drug-likeness (QED) is 0.161. The van der Waals surface area contributed by atoms with Gasteiger partial charge in [-0.1, -0.05) is 44.7 Å². The van der Waals surface area contributed by atoms with Crippen LogP contribution in [0.25, 0.3) is 0 Å². The van der Waals surface area contributed by atoms with Crippen LogP contribution in [0.4, 0.5) is 5.69 Å². The van der Waals surface area contributed by atoms with E-state index in [9.17, 15) is 4.79 Å². The van der Waals surface area contributed by atoms with Crippen molar-refractivity contribution in [1.29, 1.82) is 5.41 Å². The first-order valence-electron chi connectivity index (χ1n) is 12.7. The van der Waals surface area contributed by atoms with E-state index in [4.69, 9.17) is 21.0 Å². The Morgan fingerprint density at radius 1 is 1.14 bits per heavy atom. The van der Waals surface area contributed by atoms with Gasteiger partial charge in [-0.05, 0) is 87.0 Å². The van der Waals surface area contributed by atoms with Crippen molar-refractivity contribution in [3.05, 3.63) is 65.7 Å². The van der Waals surface area contributed by atoms with Gasteiger partial charge in [-0.25, -0.2) is 9.10 Å². The zero-order valence-corrected chi connectivity index (χ0v) is 22.8. The summed E-state index contributed by atoms with van der Waals surface area (Å²) in [5, 5.41) is 16.0. The summed E-state index contributed by atoms with van der Waals surface area (Å²) in [6.45, 7) is 10.7. The van der Waals surface area contributed by atoms with Crippen LogP contribution in [0.2, 0.25) is 0 Å². The molecule has 2 aliphatic rings. The standard InChI is InChI=1S/C14H21NOS.C11H12N2O2.C4H8/c1-11(2)16-13-4-6-14(7-5-13)17-15-9-8-12(3)10-15;1-7-2-3-8(10(13)6-7)9(12)4-5-11(14)15;1-2-4-3-1/h4-7,11-12H,8-10H2,1-3H3;2-6,12H,13H2,1H3,(H,14,15);1-4H2/b;5-4+,12-9?;/t12-;;/m0../s1. The molecule has 4 N–H and O–H groups in total. The summed E-state index contributed by atoms with van der Waals surface area (Å²) in [4.78, 5) is 11.6. The lowest BCUT2D eigenvalue weighted by Gasteiger charge is -2.14. The number of nitrogens with two attached hydrogens (primary N) is 1. The van der Waals surface area contributed by atoms with E-state index in [1.165, 1.54) is 56.2 Å². The second-order valence-electron chi connectivity index (χ2n) is 9.60. The van der Waals surface area contributed by atoms with Crippen molar-refractivity contribution in [2.45, 2.75) is 70.8 Å². The third-order valence-electron chi connectivity index (χ3n) is 5.71. The molecule has 2 aromatic rings. The van der Waals surface area contributed by atoms with Gasteiger partial charge < -0.3 is 21.0 Å². The zero-order chi connectivity index (χ0) is 26.5. The average molecular weight is 512 g/mol. The minimum Gasteiger partial charge on any atom is -0.491 e. The van der Waals surface area contributed by atoms with Gasteiger partial charge in [0.1, 0.15) is 5.75 Å². The van der Waals surface area contributed by atoms with Gasteiger partial charge in [-0.15, -0.1) is 0 Å². The van der Waals surface area contributed by atoms with Crippen molar-refractivity contribution in [1.82, 2.24) is 4.31 Å². The van der Waals surface area contributed by atoms with Crippen molar-refractivity contribution in [3.8, 4) is 5.75 Å². The smallest absolute Gasteiger partial charge is 0.328 e. The van der Waals surface area contributed by atoms with Gasteiger partial charge in [0.05, 0.1) is 11.8 Å². The maximum Gasteiger partial charge on any atom is 0.328 e. The highest BCUT2D eigenvalue weighted by atomic mass is 32.2. The molecule has 36 heavy (non-hydrogen) atoms. The number of carboxylic acid groups (broad SMARTS) is 1. The summed E-state index contributed by atoms with van der Waals surface area (Å²) < 4.78 is 8.08. The highest BCUT2D eigenvalue weighted by Gasteiger charge is 2.19. The van der Waals surface area contributed by atoms with Gasteiger partial charge >= 0.3 is 5.97 Å². The highest BCUT2D eigenvalue weighted by molar-refractivity contribution is 7.97. The minimum absolute atomic E-state index is 0.0925. The molecular formula is C29H41N3O3S. The fourth-order valence-corrected chi connectivity index (χ4v) is 4.48. The maximum absolute atomic E-state index is 10.3. The molecule has 0 unspecified atom stereocenters. The van der Waals surface area contributed by atoms with Crippen LogP contribution in [0.3, 0.4) is 0 Å². The number of ether oxygens (including phenoxy) is 1. The van der Waals surface area contributed by atoms with E-state index in [0.717, 1.165) is 23.3 Å². The van der Waals surface area contributed by atoms with Crippen LogP contribution in [0, 0.1) is 18.3 Å². The number of carboxylic acids is 1. The van der Waals surface area contributed by atoms with Gasteiger partial charge in [0.2, 0.25) is 0 Å². The molecule has 1 saturated carbocycles. The molecule has 0 spiro atoms. The van der Waals surface area contributed by atoms with Crippen LogP contribution in [-0.2, 0) is 4.79 Å². The van der Waals surface area contributed by atoms with E-state index in [0.29, 0.717) is 11.3 Å². The summed E-state index contributed by atoms with van der Waals surface area (Å²) in [6.07, 6.45) is 9.69. The number of benzene rings is 2. The van der Waals surface area contributed by atoms with Crippen molar-refractivity contribution in [3.63, 3.8) is 0 Å². The molecule has 2 fully saturated rings. The molecule has 6 nitrogen and oxygen atoms in total. The number of carbonyl (C=O) groups is 1. The highest BCUT2D eigenvalue weighted by Crippen LogP contribution is 2.30. The lowest BCUT2D eigenvalue weighted by atomic mass is 10.0. The number of rotatable bonds is 7. The molecule has 7 heteroatoms. The Balaban J connectivity index is 0.000000220. The molecule has 1 heterocycles. The first-order chi connectivity index (χ1) is 17.1. The number of hydrogen-bond donors (Lipinski definition) is 3. The summed E-state index contributed by atoms with van der Waals surface area (Å²) in [5.74, 6) is 0.718. The van der Waals surface area contributed by atoms with Crippen LogP contribution in [-0.4, -0.2) is 40.3 Å². The molecule has 1 saturated heterocycles. The van der Waals surface area contributed by atoms with Crippen LogP contribution < -0.4 is 10.5 Å². The molecule has 196 valence electrons. The first-order valence-corrected chi connectivity index (χ1v) is 13.5. The Labute approximate surface area is 220 Å². The topological polar surface area (TPSA) is 99.6 Å². The number of allylic oxidation sites excluding steroid dienone is 1. The third kappa shape index (κ3) is 11.3. The van der Waals surface area contributed by atoms with E-state index in [2.05, 4.69) is 35.5 Å². The molecular weight excluding hydrogens is 470 g/mol. The number of aryl methyl sites for hydroxylation is 1. The summed E-state index contributed by atoms with van der Waals surface area (Å²) >= 11 is 1.86. The summed E-state index contributed by atoms with van der Waals surface area (Å²) in [5.41, 5.74) is 7.83. The van der Waals surface area contributed by atoms with E-state index < -0.39 is 5.97 Å². The number of anilines is 1. The van der Waals surface area contributed by atoms with Gasteiger partial charge in [0, 0.05) is 35.3 Å². The van der Waals surface area contributed by atoms with Crippen LogP contribution >= 0.6 is 11.9 Å². The largest absolute Gasteiger partial charge is 0.491 e. The van der Waals surface area contributed by atoms with Crippen molar-refractivity contribution in [2.75, 3.05) is 18.8 Å². The molecule has 1 aliphatic heterocycles. The number of nitrogens with zero attached hydrogens (tertiary/aromatic N) is 1. The lowest BCUT2D eigenvalue weighted by Crippen LogP contribution is -2.10. The second-order valence-corrected chi connectivity index (χ2v) is 10.8. The van der Waals surface area contributed by atoms with E-state index in [-0.39, 0.29) is 11.8 Å². The second kappa shape index (κ2) is 15.4. The fourth-order valence-electron chi connectivity index (χ4n) is 3.40. The predicted octanol–water partition coefficient (Wildman–Crippen LogP) is 6.97. The van der Waals surface area contributed by atoms with E-state index in [1.54, 1.807) is 12.1 Å². The SMILES string of the molecule is C1CCC1.CC(C)Oc1ccc(SN2CC[C@H](C)C2)cc1.Cc1ccc(C(=N)/C=C/C(=O)O)c(N)c1. The molecule has 0 amide bonds. The number of nitrogens with one attached hydrogen (secondary N) is 1. The fraction of sp³-hybridized carbons (Fsp3) is 0.448. The van der Waals surface area contributed by atoms with Gasteiger partial charge in [-0.3, -0.25) is 0 Å². The van der Waals surface area contributed by atoms with Crippen LogP contribution in [0.5, 0.6) is 5.75 Å². The molecule has 0 radical (unpaired) electrons. The third-order valence-corrected chi connectivity index (χ3v) is 6.78. The Morgan fingerprint density at radius 3 is 2.25 bits per heavy atom. The normalized spacial score (nSPS) is 17.0. The number of hydrogen-bond acceptors (Lipinski definition) is 6. The monoisotopic (exact) mass is 511 g/mol. The van der Waals surface area contributed by atoms with E-state index >= 15 is 0 Å². The Kier molecular flexibility index (Phi) is 12.6. The molecule has 4 rings (SSSR count). The summed E-state index contributed by atoms with van der Waals surface area (Å²) in [6, 6.07) is 13.7. The number of aliphatic carboxylic acids is 1. The Morgan fingerprint density at radius 2 is 1.78 bits per heavy atom. The van der Waals surface area contributed by atoms with Crippen molar-refractivity contribution in [2.24, 2.45) is 5.92 Å². The van der Waals surface area contributed by atoms with Gasteiger partial charge in [0.25, 0.3) is 0 Å². The van der Waals surface area contributed by atoms with Gasteiger partial charge in [-0.2, -0.15) is 0 Å². The van der Waals surface area contributed by atoms with Crippen LogP contribution in [0.1, 0.15) is 64.0 Å². The van der Waals surface area contributed by atoms with Gasteiger partial charge in [0.15, 0.2) is 0 Å². The molecule has 1 aliphatic carbocycles. The van der Waals surface area contributed by atoms with Crippen molar-refractivity contribution < 1.29 is 14.6 Å². The van der Waals surface area contributed by atoms with Crippen molar-refractivity contribution >= 4 is 29.3 Å². The predicted molar refractivity (Wildman–Crippen MR) is 151 cm³/mol. The Hall–Kier alpha value is -2.77. The lowest BCUT2D eigenvalue weighted by molar-refractivity contribution is -0.131. The zero-order valence-electron chi connectivity index (χ0n) is 22.0. The van der Waals surface area contributed by atoms with E-state index in [1.807, 2.05) is 38.8 Å². The molecule has 1 atom stereocenters. The summed E-state index contributed by atoms with van der Waals surface area (Å²) in [7, 11) is 0. The Bertz CT molecular complexity index is 997. The number of nitrogen functional groups attached to an aromatic ring is 1. The average Bonchev–Trinajstić information content (AvgIpc) is 3.17. The molecule has 0 bridgehead atoms.